The van der Waals surface area contributed by atoms with Gasteiger partial charge in [0.2, 0.25) is 0 Å². The van der Waals surface area contributed by atoms with Crippen molar-refractivity contribution >= 4 is 0 Å². The van der Waals surface area contributed by atoms with Gasteiger partial charge in [0, 0.05) is 11.8 Å². The zero-order valence-corrected chi connectivity index (χ0v) is 17.0. The lowest BCUT2D eigenvalue weighted by Gasteiger charge is -2.40. The van der Waals surface area contributed by atoms with E-state index in [1.165, 1.54) is 31.8 Å². The Morgan fingerprint density at radius 3 is 1.93 bits per heavy atom. The number of hydrogen-bond donors (Lipinski definition) is 0. The van der Waals surface area contributed by atoms with Gasteiger partial charge in [-0.1, -0.05) is 18.2 Å². The van der Waals surface area contributed by atoms with Crippen LogP contribution in [-0.4, -0.2) is 19.5 Å². The van der Waals surface area contributed by atoms with Crippen molar-refractivity contribution in [2.45, 2.75) is 70.5 Å². The second kappa shape index (κ2) is 11.3. The SMILES string of the molecule is C=CCC/C=C/C1COC(C2CCC(C3CCC(C=C(F)F)CC3)CC2)OC1. The molecule has 0 aromatic carbocycles. The summed E-state index contributed by atoms with van der Waals surface area (Å²) in [7, 11) is 0. The molecule has 3 rings (SSSR count). The van der Waals surface area contributed by atoms with Gasteiger partial charge in [-0.05, 0) is 88.0 Å². The minimum atomic E-state index is -1.51. The van der Waals surface area contributed by atoms with Crippen LogP contribution in [0.5, 0.6) is 0 Å². The Labute approximate surface area is 169 Å². The van der Waals surface area contributed by atoms with Crippen molar-refractivity contribution in [1.82, 2.24) is 0 Å². The molecule has 2 saturated carbocycles. The third kappa shape index (κ3) is 6.52. The van der Waals surface area contributed by atoms with Crippen LogP contribution in [0.1, 0.15) is 64.2 Å². The Morgan fingerprint density at radius 1 is 0.786 bits per heavy atom. The number of hydrogen-bond acceptors (Lipinski definition) is 2. The lowest BCUT2D eigenvalue weighted by molar-refractivity contribution is -0.223. The standard InChI is InChI=1S/C24H36F2O2/c1-2-3-4-5-6-19-16-27-24(28-17-19)22-13-11-21(12-14-22)20-9-7-18(8-10-20)15-23(25)26/h2,5-6,15,18-22,24H,1,3-4,7-14,16-17H2/b6-5+. The first-order valence-corrected chi connectivity index (χ1v) is 11.2. The summed E-state index contributed by atoms with van der Waals surface area (Å²) in [6.45, 7) is 5.27. The molecule has 1 heterocycles. The number of unbranched alkanes of at least 4 members (excludes halogenated alkanes) is 1. The fourth-order valence-electron chi connectivity index (χ4n) is 5.27. The van der Waals surface area contributed by atoms with Gasteiger partial charge in [0.1, 0.15) is 0 Å². The van der Waals surface area contributed by atoms with Gasteiger partial charge in [-0.2, -0.15) is 8.78 Å². The highest BCUT2D eigenvalue weighted by Gasteiger charge is 2.35. The Morgan fingerprint density at radius 2 is 1.36 bits per heavy atom. The van der Waals surface area contributed by atoms with E-state index in [9.17, 15) is 8.78 Å². The van der Waals surface area contributed by atoms with Crippen molar-refractivity contribution < 1.29 is 18.3 Å². The summed E-state index contributed by atoms with van der Waals surface area (Å²) in [5.74, 6) is 2.48. The molecule has 0 N–H and O–H groups in total. The molecule has 4 heteroatoms. The predicted molar refractivity (Wildman–Crippen MR) is 109 cm³/mol. The summed E-state index contributed by atoms with van der Waals surface area (Å²) < 4.78 is 37.0. The van der Waals surface area contributed by atoms with Gasteiger partial charge in [-0.3, -0.25) is 0 Å². The molecule has 3 aliphatic rings. The molecule has 0 radical (unpaired) electrons. The molecule has 0 spiro atoms. The van der Waals surface area contributed by atoms with Crippen molar-refractivity contribution in [3.63, 3.8) is 0 Å². The zero-order valence-electron chi connectivity index (χ0n) is 17.0. The fourth-order valence-corrected chi connectivity index (χ4v) is 5.27. The molecule has 0 amide bonds. The minimum absolute atomic E-state index is 0.0350. The van der Waals surface area contributed by atoms with E-state index in [0.717, 1.165) is 63.6 Å². The molecule has 1 aliphatic heterocycles. The molecule has 0 unspecified atom stereocenters. The highest BCUT2D eigenvalue weighted by atomic mass is 19.3. The van der Waals surface area contributed by atoms with Crippen molar-refractivity contribution in [1.29, 1.82) is 0 Å². The fraction of sp³-hybridized carbons (Fsp3) is 0.750. The Kier molecular flexibility index (Phi) is 8.72. The number of rotatable bonds is 7. The molecule has 28 heavy (non-hydrogen) atoms. The van der Waals surface area contributed by atoms with Gasteiger partial charge in [0.05, 0.1) is 13.2 Å². The van der Waals surface area contributed by atoms with Crippen LogP contribution in [0, 0.1) is 29.6 Å². The maximum atomic E-state index is 12.4. The summed E-state index contributed by atoms with van der Waals surface area (Å²) in [6, 6.07) is 0. The predicted octanol–water partition coefficient (Wildman–Crippen LogP) is 6.89. The Hall–Kier alpha value is -1.00. The maximum absolute atomic E-state index is 12.4. The summed E-state index contributed by atoms with van der Waals surface area (Å²) in [4.78, 5) is 0. The molecular formula is C24H36F2O2. The van der Waals surface area contributed by atoms with Crippen molar-refractivity contribution in [2.75, 3.05) is 13.2 Å². The third-order valence-electron chi connectivity index (χ3n) is 6.94. The van der Waals surface area contributed by atoms with Crippen LogP contribution in [0.2, 0.25) is 0 Å². The van der Waals surface area contributed by atoms with Crippen LogP contribution in [0.25, 0.3) is 0 Å². The number of ether oxygens (including phenoxy) is 2. The van der Waals surface area contributed by atoms with Crippen molar-refractivity contribution in [3.05, 3.63) is 37.0 Å². The molecule has 2 aliphatic carbocycles. The molecule has 0 atom stereocenters. The normalized spacial score (nSPS) is 36.9. The van der Waals surface area contributed by atoms with Crippen LogP contribution in [0.4, 0.5) is 8.78 Å². The summed E-state index contributed by atoms with van der Waals surface area (Å²) >= 11 is 0. The van der Waals surface area contributed by atoms with E-state index in [4.69, 9.17) is 9.47 Å². The van der Waals surface area contributed by atoms with E-state index in [2.05, 4.69) is 18.7 Å². The van der Waals surface area contributed by atoms with Crippen LogP contribution < -0.4 is 0 Å². The molecule has 0 bridgehead atoms. The summed E-state index contributed by atoms with van der Waals surface area (Å²) in [6.07, 6.45) is 17.0. The highest BCUT2D eigenvalue weighted by Crippen LogP contribution is 2.43. The van der Waals surface area contributed by atoms with E-state index in [1.807, 2.05) is 6.08 Å². The largest absolute Gasteiger partial charge is 0.352 e. The Balaban J connectivity index is 1.34. The number of halogens is 2. The summed E-state index contributed by atoms with van der Waals surface area (Å²) in [5, 5.41) is 0. The first-order valence-electron chi connectivity index (χ1n) is 11.2. The van der Waals surface area contributed by atoms with Gasteiger partial charge in [0.15, 0.2) is 6.29 Å². The van der Waals surface area contributed by atoms with E-state index in [-0.39, 0.29) is 12.2 Å². The summed E-state index contributed by atoms with van der Waals surface area (Å²) in [5.41, 5.74) is 0. The van der Waals surface area contributed by atoms with Gasteiger partial charge in [-0.15, -0.1) is 6.58 Å². The van der Waals surface area contributed by atoms with Crippen molar-refractivity contribution in [2.24, 2.45) is 29.6 Å². The van der Waals surface area contributed by atoms with E-state index in [0.29, 0.717) is 11.8 Å². The van der Waals surface area contributed by atoms with Crippen LogP contribution in [-0.2, 0) is 9.47 Å². The molecule has 0 aromatic heterocycles. The van der Waals surface area contributed by atoms with Crippen LogP contribution in [0.15, 0.2) is 37.0 Å². The lowest BCUT2D eigenvalue weighted by atomic mass is 9.69. The monoisotopic (exact) mass is 394 g/mol. The molecule has 1 saturated heterocycles. The van der Waals surface area contributed by atoms with Gasteiger partial charge in [0.25, 0.3) is 6.08 Å². The van der Waals surface area contributed by atoms with E-state index < -0.39 is 6.08 Å². The van der Waals surface area contributed by atoms with Gasteiger partial charge < -0.3 is 9.47 Å². The lowest BCUT2D eigenvalue weighted by Crippen LogP contribution is -2.38. The van der Waals surface area contributed by atoms with Crippen LogP contribution in [0.3, 0.4) is 0 Å². The topological polar surface area (TPSA) is 18.5 Å². The Bertz CT molecular complexity index is 517. The van der Waals surface area contributed by atoms with Crippen molar-refractivity contribution in [3.8, 4) is 0 Å². The highest BCUT2D eigenvalue weighted by molar-refractivity contribution is 4.93. The smallest absolute Gasteiger partial charge is 0.266 e. The molecule has 158 valence electrons. The van der Waals surface area contributed by atoms with E-state index >= 15 is 0 Å². The average Bonchev–Trinajstić information content (AvgIpc) is 2.72. The average molecular weight is 395 g/mol. The molecule has 2 nitrogen and oxygen atoms in total. The molecular weight excluding hydrogens is 358 g/mol. The van der Waals surface area contributed by atoms with Gasteiger partial charge >= 0.3 is 0 Å². The quantitative estimate of drug-likeness (QED) is 0.346. The van der Waals surface area contributed by atoms with Gasteiger partial charge in [-0.25, -0.2) is 0 Å². The first kappa shape index (κ1) is 21.7. The third-order valence-corrected chi connectivity index (χ3v) is 6.94. The first-order chi connectivity index (χ1) is 13.7. The number of allylic oxidation sites excluding steroid dienone is 3. The maximum Gasteiger partial charge on any atom is 0.266 e. The van der Waals surface area contributed by atoms with E-state index in [1.54, 1.807) is 0 Å². The zero-order chi connectivity index (χ0) is 19.8. The second-order valence-electron chi connectivity index (χ2n) is 8.90. The molecule has 0 aromatic rings. The minimum Gasteiger partial charge on any atom is -0.352 e. The van der Waals surface area contributed by atoms with Crippen LogP contribution >= 0.6 is 0 Å². The second-order valence-corrected chi connectivity index (χ2v) is 8.90. The molecule has 3 fully saturated rings.